The zero-order chi connectivity index (χ0) is 13.9. The molecule has 0 aliphatic carbocycles. The molecule has 1 aliphatic heterocycles. The Balaban J connectivity index is 1.95. The molecule has 2 N–H and O–H groups in total. The molecule has 1 fully saturated rings. The number of aliphatic carboxylic acids is 1. The zero-order valence-electron chi connectivity index (χ0n) is 10.2. The van der Waals surface area contributed by atoms with E-state index in [4.69, 9.17) is 9.84 Å². The Kier molecular flexibility index (Phi) is 4.05. The van der Waals surface area contributed by atoms with E-state index in [9.17, 15) is 13.2 Å². The Bertz CT molecular complexity index is 547. The molecule has 0 spiro atoms. The van der Waals surface area contributed by atoms with Crippen molar-refractivity contribution in [2.45, 2.75) is 25.5 Å². The minimum atomic E-state index is -3.88. The number of anilines is 1. The van der Waals surface area contributed by atoms with Gasteiger partial charge in [0.15, 0.2) is 5.75 Å². The quantitative estimate of drug-likeness (QED) is 0.756. The van der Waals surface area contributed by atoms with Crippen molar-refractivity contribution in [3.05, 3.63) is 12.4 Å². The number of hydrogen-bond acceptors (Lipinski definition) is 5. The van der Waals surface area contributed by atoms with Crippen molar-refractivity contribution in [3.63, 3.8) is 0 Å². The highest BCUT2D eigenvalue weighted by molar-refractivity contribution is 7.93. The van der Waals surface area contributed by atoms with Crippen LogP contribution in [-0.2, 0) is 26.1 Å². The van der Waals surface area contributed by atoms with E-state index in [1.807, 2.05) is 0 Å². The van der Waals surface area contributed by atoms with E-state index in [1.165, 1.54) is 12.4 Å². The van der Waals surface area contributed by atoms with Gasteiger partial charge in [-0.25, -0.2) is 8.42 Å². The van der Waals surface area contributed by atoms with Crippen molar-refractivity contribution in [1.82, 2.24) is 9.78 Å². The Morgan fingerprint density at radius 1 is 1.63 bits per heavy atom. The molecule has 106 valence electrons. The lowest BCUT2D eigenvalue weighted by atomic mass is 10.2. The van der Waals surface area contributed by atoms with Crippen LogP contribution < -0.4 is 4.72 Å². The lowest BCUT2D eigenvalue weighted by Gasteiger charge is -2.08. The number of carboxylic acids is 1. The van der Waals surface area contributed by atoms with Crippen LogP contribution >= 0.6 is 0 Å². The number of sulfonamides is 1. The summed E-state index contributed by atoms with van der Waals surface area (Å²) in [7, 11) is -3.88. The second kappa shape index (κ2) is 5.57. The molecule has 9 heteroatoms. The smallest absolute Gasteiger partial charge is 0.320 e. The molecular formula is C10H15N3O5S. The van der Waals surface area contributed by atoms with E-state index in [1.54, 1.807) is 4.68 Å². The third-order valence-corrected chi connectivity index (χ3v) is 3.81. The van der Waals surface area contributed by atoms with Crippen molar-refractivity contribution in [2.75, 3.05) is 17.1 Å². The second-order valence-corrected chi connectivity index (χ2v) is 6.06. The number of rotatable bonds is 6. The van der Waals surface area contributed by atoms with Crippen LogP contribution in [0, 0.1) is 0 Å². The summed E-state index contributed by atoms with van der Waals surface area (Å²) in [5.74, 6) is -2.37. The van der Waals surface area contributed by atoms with Gasteiger partial charge in [-0.2, -0.15) is 5.10 Å². The molecule has 19 heavy (non-hydrogen) atoms. The van der Waals surface area contributed by atoms with Crippen LogP contribution in [0.25, 0.3) is 0 Å². The molecule has 1 aromatic rings. The topological polar surface area (TPSA) is 111 Å². The Morgan fingerprint density at radius 2 is 2.42 bits per heavy atom. The molecule has 1 unspecified atom stereocenters. The normalized spacial score (nSPS) is 19.5. The van der Waals surface area contributed by atoms with Gasteiger partial charge in [0.05, 0.1) is 24.5 Å². The molecule has 2 rings (SSSR count). The van der Waals surface area contributed by atoms with Gasteiger partial charge >= 0.3 is 5.97 Å². The van der Waals surface area contributed by atoms with Gasteiger partial charge in [-0.05, 0) is 12.8 Å². The predicted octanol–water partition coefficient (Wildman–Crippen LogP) is -0.112. The molecule has 1 aromatic heterocycles. The Labute approximate surface area is 110 Å². The fourth-order valence-corrected chi connectivity index (χ4v) is 2.75. The first-order valence-corrected chi connectivity index (χ1v) is 7.46. The number of nitrogens with one attached hydrogen (secondary N) is 1. The van der Waals surface area contributed by atoms with Gasteiger partial charge in [-0.15, -0.1) is 0 Å². The number of ether oxygens (including phenoxy) is 1. The average Bonchev–Trinajstić information content (AvgIpc) is 2.88. The summed E-state index contributed by atoms with van der Waals surface area (Å²) in [5, 5.41) is 12.5. The van der Waals surface area contributed by atoms with E-state index >= 15 is 0 Å². The van der Waals surface area contributed by atoms with E-state index < -0.39 is 21.7 Å². The number of aromatic nitrogens is 2. The monoisotopic (exact) mass is 289 g/mol. The van der Waals surface area contributed by atoms with Crippen LogP contribution in [0.4, 0.5) is 5.69 Å². The first-order chi connectivity index (χ1) is 8.94. The largest absolute Gasteiger partial charge is 0.480 e. The van der Waals surface area contributed by atoms with E-state index in [2.05, 4.69) is 9.82 Å². The maximum atomic E-state index is 11.4. The summed E-state index contributed by atoms with van der Waals surface area (Å²) < 4.78 is 32.0. The summed E-state index contributed by atoms with van der Waals surface area (Å²) >= 11 is 0. The van der Waals surface area contributed by atoms with Crippen molar-refractivity contribution in [1.29, 1.82) is 0 Å². The Hall–Kier alpha value is -1.61. The summed E-state index contributed by atoms with van der Waals surface area (Å²) in [6.07, 6.45) is 4.93. The first-order valence-electron chi connectivity index (χ1n) is 5.81. The molecule has 0 radical (unpaired) electrons. The SMILES string of the molecule is O=C(O)CS(=O)(=O)Nc1cnn(CC2CCCO2)c1. The zero-order valence-corrected chi connectivity index (χ0v) is 11.0. The molecule has 1 aliphatic rings. The van der Waals surface area contributed by atoms with Crippen molar-refractivity contribution in [2.24, 2.45) is 0 Å². The van der Waals surface area contributed by atoms with E-state index in [0.717, 1.165) is 19.4 Å². The van der Waals surface area contributed by atoms with E-state index in [0.29, 0.717) is 6.54 Å². The maximum absolute atomic E-state index is 11.4. The number of carboxylic acid groups (broad SMARTS) is 1. The standard InChI is InChI=1S/C10H15N3O5S/c14-10(15)7-19(16,17)12-8-4-11-13(5-8)6-9-2-1-3-18-9/h4-5,9,12H,1-3,6-7H2,(H,14,15). The number of nitrogens with zero attached hydrogens (tertiary/aromatic N) is 2. The van der Waals surface area contributed by atoms with Crippen molar-refractivity contribution >= 4 is 21.7 Å². The highest BCUT2D eigenvalue weighted by atomic mass is 32.2. The lowest BCUT2D eigenvalue weighted by Crippen LogP contribution is -2.22. The molecule has 2 heterocycles. The summed E-state index contributed by atoms with van der Waals surface area (Å²) in [4.78, 5) is 10.4. The molecular weight excluding hydrogens is 274 g/mol. The van der Waals surface area contributed by atoms with Gasteiger partial charge in [0, 0.05) is 12.8 Å². The maximum Gasteiger partial charge on any atom is 0.320 e. The van der Waals surface area contributed by atoms with Crippen LogP contribution in [0.15, 0.2) is 12.4 Å². The summed E-state index contributed by atoms with van der Waals surface area (Å²) in [5.41, 5.74) is 0.249. The molecule has 0 aromatic carbocycles. The van der Waals surface area contributed by atoms with Crippen molar-refractivity contribution < 1.29 is 23.1 Å². The minimum absolute atomic E-state index is 0.100. The third-order valence-electron chi connectivity index (χ3n) is 2.63. The van der Waals surface area contributed by atoms with Crippen LogP contribution in [0.5, 0.6) is 0 Å². The van der Waals surface area contributed by atoms with Gasteiger partial charge in [-0.1, -0.05) is 0 Å². The lowest BCUT2D eigenvalue weighted by molar-refractivity contribution is -0.134. The second-order valence-electron chi connectivity index (χ2n) is 4.34. The molecule has 0 saturated carbocycles. The highest BCUT2D eigenvalue weighted by Gasteiger charge is 2.18. The Morgan fingerprint density at radius 3 is 3.05 bits per heavy atom. The van der Waals surface area contributed by atoms with E-state index in [-0.39, 0.29) is 11.8 Å². The van der Waals surface area contributed by atoms with Crippen LogP contribution in [0.3, 0.4) is 0 Å². The number of carbonyl (C=O) groups is 1. The van der Waals surface area contributed by atoms with Gasteiger partial charge in [-0.3, -0.25) is 14.2 Å². The predicted molar refractivity (Wildman–Crippen MR) is 66.2 cm³/mol. The first kappa shape index (κ1) is 13.8. The minimum Gasteiger partial charge on any atom is -0.480 e. The van der Waals surface area contributed by atoms with Gasteiger partial charge in [0.1, 0.15) is 0 Å². The molecule has 0 bridgehead atoms. The highest BCUT2D eigenvalue weighted by Crippen LogP contribution is 2.15. The summed E-state index contributed by atoms with van der Waals surface area (Å²) in [6, 6.07) is 0. The number of hydrogen-bond donors (Lipinski definition) is 2. The molecule has 0 amide bonds. The molecule has 8 nitrogen and oxygen atoms in total. The fourth-order valence-electron chi connectivity index (χ4n) is 1.89. The molecule has 1 saturated heterocycles. The fraction of sp³-hybridized carbons (Fsp3) is 0.600. The summed E-state index contributed by atoms with van der Waals surface area (Å²) in [6.45, 7) is 1.30. The molecule has 1 atom stereocenters. The van der Waals surface area contributed by atoms with Gasteiger partial charge in [0.25, 0.3) is 0 Å². The van der Waals surface area contributed by atoms with Gasteiger partial charge in [0.2, 0.25) is 10.0 Å². The van der Waals surface area contributed by atoms with Gasteiger partial charge < -0.3 is 9.84 Å². The van der Waals surface area contributed by atoms with Crippen LogP contribution in [0.2, 0.25) is 0 Å². The third kappa shape index (κ3) is 4.21. The van der Waals surface area contributed by atoms with Crippen LogP contribution in [-0.4, -0.2) is 47.7 Å². The van der Waals surface area contributed by atoms with Crippen LogP contribution in [0.1, 0.15) is 12.8 Å². The van der Waals surface area contributed by atoms with Crippen molar-refractivity contribution in [3.8, 4) is 0 Å². The average molecular weight is 289 g/mol.